The lowest BCUT2D eigenvalue weighted by Gasteiger charge is -2.14. The number of hydrogen-bond acceptors (Lipinski definition) is 1. The molecular weight excluding hydrogens is 356 g/mol. The Kier molecular flexibility index (Phi) is 3.35. The van der Waals surface area contributed by atoms with E-state index in [0.717, 1.165) is 0 Å². The van der Waals surface area contributed by atoms with Gasteiger partial charge >= 0.3 is 0 Å². The second-order valence-electron chi connectivity index (χ2n) is 7.46. The Hall–Kier alpha value is -3.16. The van der Waals surface area contributed by atoms with Crippen molar-refractivity contribution in [3.63, 3.8) is 0 Å². The van der Waals surface area contributed by atoms with Crippen LogP contribution in [-0.2, 0) is 0 Å². The van der Waals surface area contributed by atoms with E-state index in [-0.39, 0.29) is 0 Å². The Bertz CT molecular complexity index is 1490. The van der Waals surface area contributed by atoms with Gasteiger partial charge in [-0.1, -0.05) is 72.8 Å². The van der Waals surface area contributed by atoms with Crippen molar-refractivity contribution in [1.82, 2.24) is 0 Å². The van der Waals surface area contributed by atoms with E-state index >= 15 is 0 Å². The smallest absolute Gasteiger partial charge is 0.0367 e. The van der Waals surface area contributed by atoms with E-state index < -0.39 is 0 Å². The largest absolute Gasteiger partial charge is 0.135 e. The van der Waals surface area contributed by atoms with Gasteiger partial charge in [-0.3, -0.25) is 0 Å². The van der Waals surface area contributed by atoms with Crippen molar-refractivity contribution in [1.29, 1.82) is 0 Å². The van der Waals surface area contributed by atoms with Gasteiger partial charge in [0.25, 0.3) is 0 Å². The summed E-state index contributed by atoms with van der Waals surface area (Å²) in [4.78, 5) is 1.35. The number of hydrogen-bond donors (Lipinski definition) is 0. The first-order chi connectivity index (χ1) is 13.8. The van der Waals surface area contributed by atoms with Crippen molar-refractivity contribution >= 4 is 53.7 Å². The van der Waals surface area contributed by atoms with Gasteiger partial charge in [0.1, 0.15) is 0 Å². The number of benzene rings is 5. The van der Waals surface area contributed by atoms with Gasteiger partial charge in [-0.05, 0) is 68.4 Å². The topological polar surface area (TPSA) is 0 Å². The fourth-order valence-corrected chi connectivity index (χ4v) is 5.60. The van der Waals surface area contributed by atoms with Crippen LogP contribution in [0.4, 0.5) is 0 Å². The van der Waals surface area contributed by atoms with Crippen molar-refractivity contribution in [2.24, 2.45) is 0 Å². The normalized spacial score (nSPS) is 11.8. The average Bonchev–Trinajstić information content (AvgIpc) is 3.16. The molecule has 0 atom stereocenters. The summed E-state index contributed by atoms with van der Waals surface area (Å²) in [6.07, 6.45) is 0. The molecule has 0 aliphatic carbocycles. The fraction of sp³-hybridized carbons (Fsp3) is 0.0370. The van der Waals surface area contributed by atoms with Gasteiger partial charge in [-0.2, -0.15) is 0 Å². The molecule has 0 amide bonds. The number of rotatable bonds is 1. The van der Waals surface area contributed by atoms with E-state index in [1.807, 2.05) is 11.3 Å². The second-order valence-corrected chi connectivity index (χ2v) is 8.54. The third-order valence-electron chi connectivity index (χ3n) is 5.76. The summed E-state index contributed by atoms with van der Waals surface area (Å²) in [5, 5.41) is 9.32. The van der Waals surface area contributed by atoms with Crippen molar-refractivity contribution in [3.05, 3.63) is 96.6 Å². The highest BCUT2D eigenvalue weighted by molar-refractivity contribution is 7.22. The molecule has 0 radical (unpaired) electrons. The van der Waals surface area contributed by atoms with Gasteiger partial charge in [-0.15, -0.1) is 11.3 Å². The first-order valence-corrected chi connectivity index (χ1v) is 10.4. The maximum Gasteiger partial charge on any atom is 0.0367 e. The lowest BCUT2D eigenvalue weighted by Crippen LogP contribution is -1.87. The third-order valence-corrected chi connectivity index (χ3v) is 6.90. The summed E-state index contributed by atoms with van der Waals surface area (Å²) in [5.74, 6) is 0. The molecule has 0 nitrogen and oxygen atoms in total. The number of thiophene rings is 1. The highest BCUT2D eigenvalue weighted by Crippen LogP contribution is 2.43. The van der Waals surface area contributed by atoms with Crippen molar-refractivity contribution in [2.75, 3.05) is 0 Å². The van der Waals surface area contributed by atoms with Gasteiger partial charge in [-0.25, -0.2) is 0 Å². The molecule has 0 aliphatic rings. The van der Waals surface area contributed by atoms with E-state index in [1.54, 1.807) is 0 Å². The standard InChI is InChI=1S/C27H18S/c1-17-14-24-23(22-12-6-5-10-20(17)22)15-18-8-2-4-11-21(18)27(24)26-16-19-9-3-7-13-25(19)28-26/h2-16H,1H3. The third kappa shape index (κ3) is 2.23. The van der Waals surface area contributed by atoms with Crippen LogP contribution >= 0.6 is 11.3 Å². The molecule has 1 heterocycles. The molecule has 1 heteroatoms. The Morgan fingerprint density at radius 2 is 1.21 bits per heavy atom. The molecule has 6 rings (SSSR count). The quantitative estimate of drug-likeness (QED) is 0.200. The van der Waals surface area contributed by atoms with Crippen LogP contribution in [0.1, 0.15) is 5.56 Å². The zero-order chi connectivity index (χ0) is 18.7. The predicted octanol–water partition coefficient (Wildman–Crippen LogP) is 8.34. The molecular formula is C27H18S. The zero-order valence-corrected chi connectivity index (χ0v) is 16.4. The summed E-state index contributed by atoms with van der Waals surface area (Å²) in [6.45, 7) is 2.23. The molecule has 28 heavy (non-hydrogen) atoms. The first-order valence-electron chi connectivity index (χ1n) is 9.62. The van der Waals surface area contributed by atoms with Crippen molar-refractivity contribution in [3.8, 4) is 10.4 Å². The van der Waals surface area contributed by atoms with Gasteiger partial charge in [0, 0.05) is 15.1 Å². The fourth-order valence-electron chi connectivity index (χ4n) is 4.46. The Balaban J connectivity index is 1.86. The molecule has 0 bridgehead atoms. The number of aryl methyl sites for hydroxylation is 1. The highest BCUT2D eigenvalue weighted by Gasteiger charge is 2.15. The molecule has 0 fully saturated rings. The van der Waals surface area contributed by atoms with Crippen LogP contribution in [0.25, 0.3) is 52.8 Å². The van der Waals surface area contributed by atoms with Gasteiger partial charge in [0.2, 0.25) is 0 Å². The maximum atomic E-state index is 2.38. The van der Waals surface area contributed by atoms with E-state index in [0.29, 0.717) is 0 Å². The molecule has 6 aromatic rings. The molecule has 0 saturated heterocycles. The van der Waals surface area contributed by atoms with Crippen LogP contribution in [0.3, 0.4) is 0 Å². The van der Waals surface area contributed by atoms with Gasteiger partial charge < -0.3 is 0 Å². The maximum absolute atomic E-state index is 2.38. The van der Waals surface area contributed by atoms with E-state index in [9.17, 15) is 0 Å². The molecule has 0 N–H and O–H groups in total. The lowest BCUT2D eigenvalue weighted by molar-refractivity contribution is 1.56. The molecule has 0 saturated carbocycles. The summed E-state index contributed by atoms with van der Waals surface area (Å²) >= 11 is 1.89. The van der Waals surface area contributed by atoms with Gasteiger partial charge in [0.05, 0.1) is 0 Å². The van der Waals surface area contributed by atoms with Crippen LogP contribution in [-0.4, -0.2) is 0 Å². The highest BCUT2D eigenvalue weighted by atomic mass is 32.1. The van der Waals surface area contributed by atoms with Crippen LogP contribution in [0, 0.1) is 6.92 Å². The van der Waals surface area contributed by atoms with E-state index in [2.05, 4.69) is 97.9 Å². The van der Waals surface area contributed by atoms with E-state index in [4.69, 9.17) is 0 Å². The van der Waals surface area contributed by atoms with Crippen LogP contribution in [0.2, 0.25) is 0 Å². The minimum absolute atomic E-state index is 1.30. The summed E-state index contributed by atoms with van der Waals surface area (Å²) in [7, 11) is 0. The Morgan fingerprint density at radius 1 is 0.536 bits per heavy atom. The summed E-state index contributed by atoms with van der Waals surface area (Å²) in [6, 6.07) is 33.3. The van der Waals surface area contributed by atoms with E-state index in [1.165, 1.54) is 58.4 Å². The van der Waals surface area contributed by atoms with Crippen LogP contribution in [0.5, 0.6) is 0 Å². The molecule has 5 aromatic carbocycles. The molecule has 132 valence electrons. The molecule has 0 unspecified atom stereocenters. The van der Waals surface area contributed by atoms with Crippen molar-refractivity contribution in [2.45, 2.75) is 6.92 Å². The Morgan fingerprint density at radius 3 is 2.04 bits per heavy atom. The Labute approximate surface area is 167 Å². The predicted molar refractivity (Wildman–Crippen MR) is 125 cm³/mol. The minimum Gasteiger partial charge on any atom is -0.135 e. The first kappa shape index (κ1) is 15.9. The molecule has 0 aliphatic heterocycles. The average molecular weight is 375 g/mol. The van der Waals surface area contributed by atoms with Gasteiger partial charge in [0.15, 0.2) is 0 Å². The second kappa shape index (κ2) is 5.92. The minimum atomic E-state index is 1.30. The SMILES string of the molecule is Cc1cc2c(-c3cc4ccccc4s3)c3ccccc3cc2c2ccccc12. The molecule has 1 aromatic heterocycles. The van der Waals surface area contributed by atoms with Crippen molar-refractivity contribution < 1.29 is 0 Å². The summed E-state index contributed by atoms with van der Waals surface area (Å²) in [5.41, 5.74) is 2.70. The zero-order valence-electron chi connectivity index (χ0n) is 15.6. The lowest BCUT2D eigenvalue weighted by atomic mass is 9.90. The number of fused-ring (bicyclic) bond motifs is 5. The van der Waals surface area contributed by atoms with Crippen LogP contribution < -0.4 is 0 Å². The molecule has 0 spiro atoms. The summed E-state index contributed by atoms with van der Waals surface area (Å²) < 4.78 is 1.34. The van der Waals surface area contributed by atoms with Crippen LogP contribution in [0.15, 0.2) is 91.0 Å². The monoisotopic (exact) mass is 374 g/mol.